The molecule has 0 saturated carbocycles. The summed E-state index contributed by atoms with van der Waals surface area (Å²) >= 11 is 0. The first-order valence-electron chi connectivity index (χ1n) is 5.29. The fraction of sp³-hybridized carbons (Fsp3) is 1.00. The Morgan fingerprint density at radius 1 is 0.647 bits per heavy atom. The van der Waals surface area contributed by atoms with Gasteiger partial charge in [-0.2, -0.15) is 0 Å². The van der Waals surface area contributed by atoms with Crippen molar-refractivity contribution < 1.29 is 32.3 Å². The van der Waals surface area contributed by atoms with Crippen LogP contribution in [0.2, 0.25) is 0 Å². The van der Waals surface area contributed by atoms with Gasteiger partial charge in [-0.3, -0.25) is 0 Å². The van der Waals surface area contributed by atoms with Crippen molar-refractivity contribution in [2.75, 3.05) is 61.0 Å². The molecule has 0 unspecified atom stereocenters. The number of rotatable bonds is 12. The predicted octanol–water partition coefficient (Wildman–Crippen LogP) is -0.597. The molecule has 7 nitrogen and oxygen atoms in total. The summed E-state index contributed by atoms with van der Waals surface area (Å²) < 4.78 is 30.0. The summed E-state index contributed by atoms with van der Waals surface area (Å²) in [6.07, 6.45) is 0. The van der Waals surface area contributed by atoms with Crippen molar-refractivity contribution in [3.8, 4) is 0 Å². The van der Waals surface area contributed by atoms with Crippen LogP contribution in [-0.4, -0.2) is 74.8 Å². The molecule has 0 bridgehead atoms. The van der Waals surface area contributed by atoms with Crippen LogP contribution in [-0.2, 0) is 27.5 Å². The minimum absolute atomic E-state index is 0.208. The second-order valence-electron chi connectivity index (χ2n) is 3.05. The van der Waals surface area contributed by atoms with Crippen molar-refractivity contribution in [1.29, 1.82) is 0 Å². The van der Waals surface area contributed by atoms with E-state index in [2.05, 4.69) is 0 Å². The summed E-state index contributed by atoms with van der Waals surface area (Å²) in [5, 5.41) is 0. The third-order valence-corrected chi connectivity index (χ3v) is 3.42. The highest BCUT2D eigenvalue weighted by molar-refractivity contribution is 6.51. The van der Waals surface area contributed by atoms with Crippen LogP contribution in [0.1, 0.15) is 0 Å². The van der Waals surface area contributed by atoms with E-state index in [4.69, 9.17) is 27.5 Å². The van der Waals surface area contributed by atoms with Crippen LogP contribution in [0.4, 0.5) is 0 Å². The van der Waals surface area contributed by atoms with Crippen LogP contribution in [0, 0.1) is 0 Å². The molecule has 8 heteroatoms. The molecular weight excluding hydrogens is 248 g/mol. The predicted molar refractivity (Wildman–Crippen MR) is 61.5 cm³/mol. The first-order valence-corrected chi connectivity index (χ1v) is 6.96. The van der Waals surface area contributed by atoms with Crippen LogP contribution in [0.25, 0.3) is 0 Å². The summed E-state index contributed by atoms with van der Waals surface area (Å²) in [6, 6.07) is 0. The highest BCUT2D eigenvalue weighted by Gasteiger charge is 2.41. The summed E-state index contributed by atoms with van der Waals surface area (Å²) in [4.78, 5) is 10.00. The van der Waals surface area contributed by atoms with Gasteiger partial charge in [-0.05, 0) is 0 Å². The molecule has 0 rings (SSSR count). The molecule has 0 aromatic carbocycles. The van der Waals surface area contributed by atoms with Gasteiger partial charge in [-0.1, -0.05) is 0 Å². The Kier molecular flexibility index (Phi) is 11.0. The second kappa shape index (κ2) is 11.1. The monoisotopic (exact) mass is 270 g/mol. The van der Waals surface area contributed by atoms with Gasteiger partial charge in [-0.15, -0.1) is 0 Å². The standard InChI is InChI=1S/C9H22O7Si/c1-11-4-7-14-17(10,15-8-5-12-2)16-9-6-13-3/h10H,4-9H2,1-3H3. The number of hydrogen-bond acceptors (Lipinski definition) is 7. The summed E-state index contributed by atoms with van der Waals surface area (Å²) in [6.45, 7) is 1.70. The number of ether oxygens (including phenoxy) is 3. The van der Waals surface area contributed by atoms with Gasteiger partial charge in [-0.25, -0.2) is 0 Å². The van der Waals surface area contributed by atoms with Gasteiger partial charge in [0, 0.05) is 21.3 Å². The first kappa shape index (κ1) is 16.9. The van der Waals surface area contributed by atoms with Crippen LogP contribution >= 0.6 is 0 Å². The van der Waals surface area contributed by atoms with Gasteiger partial charge in [0.25, 0.3) is 0 Å². The topological polar surface area (TPSA) is 75.6 Å². The van der Waals surface area contributed by atoms with Crippen molar-refractivity contribution in [2.24, 2.45) is 0 Å². The molecule has 0 aromatic heterocycles. The van der Waals surface area contributed by atoms with E-state index in [1.54, 1.807) is 21.3 Å². The molecule has 17 heavy (non-hydrogen) atoms. The molecule has 0 atom stereocenters. The van der Waals surface area contributed by atoms with Crippen molar-refractivity contribution in [3.05, 3.63) is 0 Å². The zero-order valence-electron chi connectivity index (χ0n) is 10.6. The Morgan fingerprint density at radius 3 is 1.18 bits per heavy atom. The lowest BCUT2D eigenvalue weighted by Gasteiger charge is -2.22. The highest BCUT2D eigenvalue weighted by Crippen LogP contribution is 2.05. The quantitative estimate of drug-likeness (QED) is 0.375. The lowest BCUT2D eigenvalue weighted by Crippen LogP contribution is -2.48. The van der Waals surface area contributed by atoms with E-state index < -0.39 is 9.05 Å². The normalized spacial score (nSPS) is 12.0. The number of hydrogen-bond donors (Lipinski definition) is 1. The van der Waals surface area contributed by atoms with Crippen molar-refractivity contribution in [2.45, 2.75) is 0 Å². The molecule has 0 spiro atoms. The first-order chi connectivity index (χ1) is 8.18. The maximum absolute atomic E-state index is 10.00. The SMILES string of the molecule is COCCO[Si](O)(OCCOC)OCCOC. The Balaban J connectivity index is 3.95. The average molecular weight is 270 g/mol. The molecule has 0 amide bonds. The Labute approximate surface area is 103 Å². The fourth-order valence-corrected chi connectivity index (χ4v) is 2.16. The van der Waals surface area contributed by atoms with Crippen molar-refractivity contribution in [1.82, 2.24) is 0 Å². The minimum atomic E-state index is -3.60. The fourth-order valence-electron chi connectivity index (χ4n) is 0.887. The average Bonchev–Trinajstić information content (AvgIpc) is 2.30. The third kappa shape index (κ3) is 9.62. The molecule has 1 N–H and O–H groups in total. The van der Waals surface area contributed by atoms with Crippen LogP contribution in [0.5, 0.6) is 0 Å². The zero-order chi connectivity index (χ0) is 13.0. The molecule has 0 radical (unpaired) electrons. The Bertz CT molecular complexity index is 143. The molecule has 0 aliphatic rings. The van der Waals surface area contributed by atoms with Crippen molar-refractivity contribution in [3.63, 3.8) is 0 Å². The van der Waals surface area contributed by atoms with Crippen LogP contribution < -0.4 is 0 Å². The van der Waals surface area contributed by atoms with Gasteiger partial charge >= 0.3 is 9.05 Å². The van der Waals surface area contributed by atoms with Gasteiger partial charge in [0.1, 0.15) is 0 Å². The van der Waals surface area contributed by atoms with Gasteiger partial charge < -0.3 is 32.3 Å². The molecule has 0 aliphatic heterocycles. The lowest BCUT2D eigenvalue weighted by molar-refractivity contribution is -0.0351. The molecule has 0 aromatic rings. The zero-order valence-corrected chi connectivity index (χ0v) is 11.6. The van der Waals surface area contributed by atoms with E-state index in [9.17, 15) is 4.80 Å². The highest BCUT2D eigenvalue weighted by atomic mass is 28.4. The van der Waals surface area contributed by atoms with Gasteiger partial charge in [0.2, 0.25) is 0 Å². The smallest absolute Gasteiger partial charge is 0.382 e. The molecule has 0 aliphatic carbocycles. The van der Waals surface area contributed by atoms with Crippen LogP contribution in [0.15, 0.2) is 0 Å². The molecular formula is C9H22O7Si. The molecule has 0 fully saturated rings. The van der Waals surface area contributed by atoms with E-state index in [-0.39, 0.29) is 19.8 Å². The second-order valence-corrected chi connectivity index (χ2v) is 4.96. The molecule has 104 valence electrons. The summed E-state index contributed by atoms with van der Waals surface area (Å²) in [7, 11) is 1.03. The Morgan fingerprint density at radius 2 is 0.941 bits per heavy atom. The minimum Gasteiger partial charge on any atom is -0.382 e. The van der Waals surface area contributed by atoms with Crippen molar-refractivity contribution >= 4 is 9.05 Å². The van der Waals surface area contributed by atoms with E-state index in [1.807, 2.05) is 0 Å². The Hall–Kier alpha value is -0.0631. The molecule has 0 heterocycles. The van der Waals surface area contributed by atoms with E-state index in [0.29, 0.717) is 19.8 Å². The maximum Gasteiger partial charge on any atom is 0.677 e. The third-order valence-electron chi connectivity index (χ3n) is 1.72. The van der Waals surface area contributed by atoms with E-state index >= 15 is 0 Å². The largest absolute Gasteiger partial charge is 0.677 e. The maximum atomic E-state index is 10.00. The molecule has 0 saturated heterocycles. The number of methoxy groups -OCH3 is 3. The van der Waals surface area contributed by atoms with Gasteiger partial charge in [0.05, 0.1) is 39.6 Å². The van der Waals surface area contributed by atoms with Gasteiger partial charge in [0.15, 0.2) is 0 Å². The summed E-state index contributed by atoms with van der Waals surface area (Å²) in [5.74, 6) is 0. The van der Waals surface area contributed by atoms with Crippen LogP contribution in [0.3, 0.4) is 0 Å². The van der Waals surface area contributed by atoms with E-state index in [0.717, 1.165) is 0 Å². The summed E-state index contributed by atoms with van der Waals surface area (Å²) in [5.41, 5.74) is 0. The lowest BCUT2D eigenvalue weighted by atomic mass is 10.8. The van der Waals surface area contributed by atoms with E-state index in [1.165, 1.54) is 0 Å².